The molecule has 0 aromatic heterocycles. The maximum absolute atomic E-state index is 6.40. The van der Waals surface area contributed by atoms with Crippen LogP contribution < -0.4 is 15.2 Å². The van der Waals surface area contributed by atoms with Crippen molar-refractivity contribution >= 4 is 11.6 Å². The van der Waals surface area contributed by atoms with E-state index in [4.69, 9.17) is 26.8 Å². The number of benzene rings is 1. The Labute approximate surface area is 119 Å². The minimum absolute atomic E-state index is 0.462. The van der Waals surface area contributed by atoms with E-state index >= 15 is 0 Å². The number of rotatable bonds is 5. The fraction of sp³-hybridized carbons (Fsp3) is 0.571. The van der Waals surface area contributed by atoms with Gasteiger partial charge in [-0.1, -0.05) is 17.7 Å². The molecule has 1 aromatic carbocycles. The highest BCUT2D eigenvalue weighted by molar-refractivity contribution is 6.33. The lowest BCUT2D eigenvalue weighted by atomic mass is 10.1. The zero-order valence-electron chi connectivity index (χ0n) is 11.5. The predicted octanol–water partition coefficient (Wildman–Crippen LogP) is 2.28. The Bertz CT molecular complexity index is 440. The zero-order chi connectivity index (χ0) is 13.8. The molecule has 1 aliphatic rings. The Morgan fingerprint density at radius 1 is 1.37 bits per heavy atom. The van der Waals surface area contributed by atoms with Gasteiger partial charge in [0.1, 0.15) is 0 Å². The average Bonchev–Trinajstić information content (AvgIpc) is 2.88. The minimum atomic E-state index is 0.462. The van der Waals surface area contributed by atoms with E-state index in [2.05, 4.69) is 4.90 Å². The lowest BCUT2D eigenvalue weighted by molar-refractivity contribution is 0.249. The van der Waals surface area contributed by atoms with E-state index in [-0.39, 0.29) is 0 Å². The molecule has 0 amide bonds. The van der Waals surface area contributed by atoms with Gasteiger partial charge in [-0.2, -0.15) is 0 Å². The molecule has 106 valence electrons. The first-order valence-corrected chi connectivity index (χ1v) is 6.92. The molecule has 0 radical (unpaired) electrons. The standard InChI is InChI=1S/C14H21ClN2O2/c1-18-12-6-5-10(13(15)14(12)19-2)9-17-7-3-4-11(17)8-16/h5-6,11H,3-4,7-9,16H2,1-2H3. The number of methoxy groups -OCH3 is 2. The predicted molar refractivity (Wildman–Crippen MR) is 77.0 cm³/mol. The first-order valence-electron chi connectivity index (χ1n) is 6.54. The van der Waals surface area contributed by atoms with E-state index in [9.17, 15) is 0 Å². The van der Waals surface area contributed by atoms with Crippen molar-refractivity contribution in [2.24, 2.45) is 5.73 Å². The monoisotopic (exact) mass is 284 g/mol. The Hall–Kier alpha value is -0.970. The van der Waals surface area contributed by atoms with E-state index in [1.54, 1.807) is 14.2 Å². The Morgan fingerprint density at radius 3 is 2.79 bits per heavy atom. The molecule has 1 aliphatic heterocycles. The fourth-order valence-corrected chi connectivity index (χ4v) is 2.93. The van der Waals surface area contributed by atoms with E-state index < -0.39 is 0 Å². The zero-order valence-corrected chi connectivity index (χ0v) is 12.2. The highest BCUT2D eigenvalue weighted by Crippen LogP contribution is 2.38. The summed E-state index contributed by atoms with van der Waals surface area (Å²) in [5, 5.41) is 0.629. The van der Waals surface area contributed by atoms with E-state index in [0.29, 0.717) is 29.1 Å². The third-order valence-electron chi connectivity index (χ3n) is 3.71. The van der Waals surface area contributed by atoms with Crippen molar-refractivity contribution < 1.29 is 9.47 Å². The van der Waals surface area contributed by atoms with Crippen molar-refractivity contribution in [3.05, 3.63) is 22.7 Å². The molecule has 0 bridgehead atoms. The second kappa shape index (κ2) is 6.46. The van der Waals surface area contributed by atoms with Crippen molar-refractivity contribution in [3.63, 3.8) is 0 Å². The third-order valence-corrected chi connectivity index (χ3v) is 4.12. The molecule has 0 spiro atoms. The summed E-state index contributed by atoms with van der Waals surface area (Å²) in [6, 6.07) is 4.35. The number of halogens is 1. The van der Waals surface area contributed by atoms with Crippen LogP contribution in [0.3, 0.4) is 0 Å². The summed E-state index contributed by atoms with van der Waals surface area (Å²) < 4.78 is 10.6. The topological polar surface area (TPSA) is 47.7 Å². The molecule has 1 heterocycles. The quantitative estimate of drug-likeness (QED) is 0.901. The van der Waals surface area contributed by atoms with Crippen LogP contribution in [0.1, 0.15) is 18.4 Å². The molecule has 1 unspecified atom stereocenters. The molecule has 19 heavy (non-hydrogen) atoms. The van der Waals surface area contributed by atoms with Crippen molar-refractivity contribution in [1.82, 2.24) is 4.90 Å². The average molecular weight is 285 g/mol. The normalized spacial score (nSPS) is 19.7. The Balaban J connectivity index is 2.21. The van der Waals surface area contributed by atoms with Gasteiger partial charge in [0, 0.05) is 19.1 Å². The van der Waals surface area contributed by atoms with Crippen molar-refractivity contribution in [1.29, 1.82) is 0 Å². The van der Waals surface area contributed by atoms with Crippen LogP contribution in [0.2, 0.25) is 5.02 Å². The van der Waals surface area contributed by atoms with Gasteiger partial charge in [0.05, 0.1) is 19.2 Å². The van der Waals surface area contributed by atoms with Gasteiger partial charge < -0.3 is 15.2 Å². The molecular formula is C14H21ClN2O2. The smallest absolute Gasteiger partial charge is 0.179 e. The van der Waals surface area contributed by atoms with Gasteiger partial charge in [-0.05, 0) is 31.0 Å². The van der Waals surface area contributed by atoms with E-state index in [1.807, 2.05) is 12.1 Å². The van der Waals surface area contributed by atoms with Crippen LogP contribution in [0, 0.1) is 0 Å². The number of hydrogen-bond acceptors (Lipinski definition) is 4. The first kappa shape index (κ1) is 14.4. The van der Waals surface area contributed by atoms with E-state index in [1.165, 1.54) is 12.8 Å². The molecule has 1 fully saturated rings. The number of hydrogen-bond donors (Lipinski definition) is 1. The lowest BCUT2D eigenvalue weighted by Crippen LogP contribution is -2.34. The molecule has 0 saturated carbocycles. The van der Waals surface area contributed by atoms with Gasteiger partial charge in [-0.15, -0.1) is 0 Å². The van der Waals surface area contributed by atoms with Crippen LogP contribution in [-0.2, 0) is 6.54 Å². The molecule has 1 aromatic rings. The van der Waals surface area contributed by atoms with Crippen LogP contribution in [0.15, 0.2) is 12.1 Å². The molecule has 1 saturated heterocycles. The molecular weight excluding hydrogens is 264 g/mol. The number of nitrogens with zero attached hydrogens (tertiary/aromatic N) is 1. The SMILES string of the molecule is COc1ccc(CN2CCCC2CN)c(Cl)c1OC. The van der Waals surface area contributed by atoms with Crippen LogP contribution in [0.4, 0.5) is 0 Å². The third kappa shape index (κ3) is 2.96. The molecule has 5 heteroatoms. The Kier molecular flexibility index (Phi) is 4.91. The number of nitrogens with two attached hydrogens (primary N) is 1. The molecule has 0 aliphatic carbocycles. The summed E-state index contributed by atoms with van der Waals surface area (Å²) in [4.78, 5) is 2.38. The highest BCUT2D eigenvalue weighted by Gasteiger charge is 2.24. The molecule has 4 nitrogen and oxygen atoms in total. The second-order valence-corrected chi connectivity index (χ2v) is 5.15. The van der Waals surface area contributed by atoms with Gasteiger partial charge in [-0.25, -0.2) is 0 Å². The Morgan fingerprint density at radius 2 is 2.16 bits per heavy atom. The number of ether oxygens (including phenoxy) is 2. The summed E-state index contributed by atoms with van der Waals surface area (Å²) in [6.07, 6.45) is 2.37. The van der Waals surface area contributed by atoms with Gasteiger partial charge >= 0.3 is 0 Å². The fourth-order valence-electron chi connectivity index (χ4n) is 2.64. The summed E-state index contributed by atoms with van der Waals surface area (Å²) in [7, 11) is 3.21. The summed E-state index contributed by atoms with van der Waals surface area (Å²) >= 11 is 6.40. The maximum Gasteiger partial charge on any atom is 0.179 e. The largest absolute Gasteiger partial charge is 0.493 e. The summed E-state index contributed by atoms with van der Waals surface area (Å²) in [5.74, 6) is 1.26. The van der Waals surface area contributed by atoms with Crippen molar-refractivity contribution in [2.75, 3.05) is 27.3 Å². The van der Waals surface area contributed by atoms with Crippen LogP contribution in [0.25, 0.3) is 0 Å². The van der Waals surface area contributed by atoms with E-state index in [0.717, 1.165) is 18.7 Å². The molecule has 2 rings (SSSR count). The first-order chi connectivity index (χ1) is 9.21. The van der Waals surface area contributed by atoms with Crippen LogP contribution in [-0.4, -0.2) is 38.3 Å². The van der Waals surface area contributed by atoms with Crippen molar-refractivity contribution in [3.8, 4) is 11.5 Å². The summed E-state index contributed by atoms with van der Waals surface area (Å²) in [5.41, 5.74) is 6.85. The molecule has 2 N–H and O–H groups in total. The van der Waals surface area contributed by atoms with Gasteiger partial charge in [-0.3, -0.25) is 4.90 Å². The van der Waals surface area contributed by atoms with Crippen LogP contribution >= 0.6 is 11.6 Å². The second-order valence-electron chi connectivity index (χ2n) is 4.78. The minimum Gasteiger partial charge on any atom is -0.493 e. The number of likely N-dealkylation sites (tertiary alicyclic amines) is 1. The molecule has 1 atom stereocenters. The van der Waals surface area contributed by atoms with Crippen molar-refractivity contribution in [2.45, 2.75) is 25.4 Å². The highest BCUT2D eigenvalue weighted by atomic mass is 35.5. The lowest BCUT2D eigenvalue weighted by Gasteiger charge is -2.24. The summed E-state index contributed by atoms with van der Waals surface area (Å²) in [6.45, 7) is 2.58. The van der Waals surface area contributed by atoms with Crippen LogP contribution in [0.5, 0.6) is 11.5 Å². The van der Waals surface area contributed by atoms with Gasteiger partial charge in [0.2, 0.25) is 0 Å². The van der Waals surface area contributed by atoms with Gasteiger partial charge in [0.15, 0.2) is 11.5 Å². The van der Waals surface area contributed by atoms with Gasteiger partial charge in [0.25, 0.3) is 0 Å². The maximum atomic E-state index is 6.40.